The fourth-order valence-corrected chi connectivity index (χ4v) is 2.01. The molecule has 0 saturated carbocycles. The van der Waals surface area contributed by atoms with Crippen molar-refractivity contribution in [2.24, 2.45) is 0 Å². The number of rotatable bonds is 1. The number of hydrogen-bond acceptors (Lipinski definition) is 6. The van der Waals surface area contributed by atoms with Gasteiger partial charge in [-0.3, -0.25) is 4.79 Å². The lowest BCUT2D eigenvalue weighted by Gasteiger charge is -2.31. The molecule has 0 unspecified atom stereocenters. The second-order valence-electron chi connectivity index (χ2n) is 4.64. The van der Waals surface area contributed by atoms with Crippen LogP contribution in [0.15, 0.2) is 24.3 Å². The van der Waals surface area contributed by atoms with E-state index in [4.69, 9.17) is 4.74 Å². The maximum atomic E-state index is 11.7. The largest absolute Gasteiger partial charge is 0.508 e. The number of carbonyl (C=O) groups is 2. The van der Waals surface area contributed by atoms with Gasteiger partial charge in [-0.1, -0.05) is 12.1 Å². The molecule has 4 atom stereocenters. The summed E-state index contributed by atoms with van der Waals surface area (Å²) < 4.78 is 5.10. The molecular formula is C13H15NO6. The van der Waals surface area contributed by atoms with Gasteiger partial charge in [0, 0.05) is 0 Å². The van der Waals surface area contributed by atoms with Gasteiger partial charge in [-0.15, -0.1) is 0 Å². The molecule has 1 heterocycles. The van der Waals surface area contributed by atoms with Gasteiger partial charge in [-0.25, -0.2) is 4.79 Å². The van der Waals surface area contributed by atoms with Crippen LogP contribution in [0.5, 0.6) is 5.75 Å². The third-order valence-electron chi connectivity index (χ3n) is 3.08. The first-order valence-corrected chi connectivity index (χ1v) is 6.06. The van der Waals surface area contributed by atoms with Crippen LogP contribution in [-0.2, 0) is 14.3 Å². The molecule has 7 nitrogen and oxygen atoms in total. The first-order valence-electron chi connectivity index (χ1n) is 6.06. The molecule has 1 fully saturated rings. The van der Waals surface area contributed by atoms with E-state index < -0.39 is 36.2 Å². The number of hydrogen-bond donors (Lipinski definition) is 4. The van der Waals surface area contributed by atoms with Crippen molar-refractivity contribution in [2.45, 2.75) is 31.3 Å². The van der Waals surface area contributed by atoms with Crippen LogP contribution in [0.2, 0.25) is 0 Å². The Labute approximate surface area is 114 Å². The van der Waals surface area contributed by atoms with Crippen molar-refractivity contribution < 1.29 is 29.6 Å². The minimum absolute atomic E-state index is 0.0141. The summed E-state index contributed by atoms with van der Waals surface area (Å²) in [6, 6.07) is 5.40. The number of aliphatic hydroxyl groups is 2. The summed E-state index contributed by atoms with van der Waals surface area (Å²) in [5, 5.41) is 30.8. The molecule has 0 spiro atoms. The number of esters is 1. The van der Waals surface area contributed by atoms with Gasteiger partial charge in [-0.05, 0) is 24.6 Å². The molecule has 1 aliphatic rings. The Morgan fingerprint density at radius 3 is 2.55 bits per heavy atom. The number of cyclic esters (lactones) is 1. The van der Waals surface area contributed by atoms with Crippen molar-refractivity contribution in [1.29, 1.82) is 0 Å². The number of ether oxygens (including phenoxy) is 1. The number of phenolic OH excluding ortho intramolecular Hbond substituents is 1. The Morgan fingerprint density at radius 2 is 1.90 bits per heavy atom. The monoisotopic (exact) mass is 281 g/mol. The van der Waals surface area contributed by atoms with Gasteiger partial charge in [0.2, 0.25) is 0 Å². The minimum Gasteiger partial charge on any atom is -0.508 e. The van der Waals surface area contributed by atoms with Crippen molar-refractivity contribution in [1.82, 2.24) is 5.32 Å². The summed E-state index contributed by atoms with van der Waals surface area (Å²) in [6.07, 6.45) is -4.68. The molecule has 1 aromatic carbocycles. The molecule has 108 valence electrons. The molecule has 0 aliphatic carbocycles. The predicted octanol–water partition coefficient (Wildman–Crippen LogP) is -0.783. The van der Waals surface area contributed by atoms with E-state index in [-0.39, 0.29) is 5.75 Å². The molecule has 7 heteroatoms. The van der Waals surface area contributed by atoms with Crippen molar-refractivity contribution in [2.75, 3.05) is 0 Å². The Hall–Kier alpha value is -2.12. The molecule has 0 bridgehead atoms. The van der Waals surface area contributed by atoms with Gasteiger partial charge in [0.1, 0.15) is 11.9 Å². The lowest BCUT2D eigenvalue weighted by Crippen LogP contribution is -2.53. The summed E-state index contributed by atoms with van der Waals surface area (Å²) in [7, 11) is 0. The van der Waals surface area contributed by atoms with Gasteiger partial charge in [0.05, 0.1) is 6.04 Å². The molecule has 1 amide bonds. The maximum absolute atomic E-state index is 11.7. The fraction of sp³-hybridized carbons (Fsp3) is 0.385. The van der Waals surface area contributed by atoms with Crippen LogP contribution in [0.3, 0.4) is 0 Å². The smallest absolute Gasteiger partial charge is 0.338 e. The summed E-state index contributed by atoms with van der Waals surface area (Å²) in [5.41, 5.74) is 0.467. The molecule has 0 aromatic heterocycles. The molecule has 1 saturated heterocycles. The lowest BCUT2D eigenvalue weighted by atomic mass is 10.0. The molecule has 1 aliphatic heterocycles. The highest BCUT2D eigenvalue weighted by molar-refractivity contribution is 5.89. The first kappa shape index (κ1) is 14.3. The van der Waals surface area contributed by atoms with E-state index in [1.807, 2.05) is 0 Å². The second-order valence-corrected chi connectivity index (χ2v) is 4.64. The number of amides is 1. The number of phenols is 1. The highest BCUT2D eigenvalue weighted by atomic mass is 16.6. The number of aliphatic hydroxyl groups excluding tert-OH is 2. The summed E-state index contributed by atoms with van der Waals surface area (Å²) >= 11 is 0. The molecule has 20 heavy (non-hydrogen) atoms. The van der Waals surface area contributed by atoms with Crippen LogP contribution in [0.4, 0.5) is 0 Å². The Balaban J connectivity index is 2.33. The number of nitrogens with one attached hydrogen (secondary N) is 1. The van der Waals surface area contributed by atoms with Gasteiger partial charge in [0.25, 0.3) is 5.91 Å². The molecule has 0 radical (unpaired) electrons. The van der Waals surface area contributed by atoms with E-state index in [0.717, 1.165) is 0 Å². The number of aromatic hydroxyl groups is 1. The zero-order valence-corrected chi connectivity index (χ0v) is 10.7. The zero-order chi connectivity index (χ0) is 14.9. The van der Waals surface area contributed by atoms with Gasteiger partial charge >= 0.3 is 5.97 Å². The van der Waals surface area contributed by atoms with Gasteiger partial charge in [-0.2, -0.15) is 0 Å². The highest BCUT2D eigenvalue weighted by Crippen LogP contribution is 2.26. The van der Waals surface area contributed by atoms with E-state index in [1.165, 1.54) is 12.1 Å². The third kappa shape index (κ3) is 2.73. The van der Waals surface area contributed by atoms with E-state index in [1.54, 1.807) is 19.1 Å². The average molecular weight is 281 g/mol. The molecule has 1 aromatic rings. The molecular weight excluding hydrogens is 266 g/mol. The molecule has 4 N–H and O–H groups in total. The number of benzene rings is 1. The van der Waals surface area contributed by atoms with Crippen molar-refractivity contribution in [3.8, 4) is 5.75 Å². The average Bonchev–Trinajstić information content (AvgIpc) is 2.41. The van der Waals surface area contributed by atoms with E-state index in [2.05, 4.69) is 5.32 Å². The second kappa shape index (κ2) is 5.48. The van der Waals surface area contributed by atoms with Crippen LogP contribution in [-0.4, -0.2) is 45.4 Å². The minimum atomic E-state index is -1.94. The Bertz CT molecular complexity index is 531. The van der Waals surface area contributed by atoms with Gasteiger partial charge < -0.3 is 25.4 Å². The third-order valence-corrected chi connectivity index (χ3v) is 3.08. The van der Waals surface area contributed by atoms with Crippen molar-refractivity contribution in [3.63, 3.8) is 0 Å². The van der Waals surface area contributed by atoms with Crippen molar-refractivity contribution in [3.05, 3.63) is 29.8 Å². The lowest BCUT2D eigenvalue weighted by molar-refractivity contribution is -0.174. The summed E-state index contributed by atoms with van der Waals surface area (Å²) in [4.78, 5) is 23.3. The van der Waals surface area contributed by atoms with E-state index in [9.17, 15) is 24.9 Å². The zero-order valence-electron chi connectivity index (χ0n) is 10.7. The van der Waals surface area contributed by atoms with Crippen molar-refractivity contribution >= 4 is 11.9 Å². The number of carbonyl (C=O) groups excluding carboxylic acids is 2. The maximum Gasteiger partial charge on any atom is 0.338 e. The topological polar surface area (TPSA) is 116 Å². The first-order chi connectivity index (χ1) is 9.40. The van der Waals surface area contributed by atoms with E-state index in [0.29, 0.717) is 5.56 Å². The van der Waals surface area contributed by atoms with Crippen LogP contribution >= 0.6 is 0 Å². The SMILES string of the molecule is C[C@@H]1NC(=O)[C@H](O)[C@@H](O)C(=O)O[C@@H]1c1cccc(O)c1. The quantitative estimate of drug-likeness (QED) is 0.502. The standard InChI is InChI=1S/C13H15NO6/c1-6-11(7-3-2-4-8(15)5-7)20-13(19)10(17)9(16)12(18)14-6/h2-6,9-11,15-17H,1H3,(H,14,18)/t6-,9+,10+,11-/m0/s1. The Morgan fingerprint density at radius 1 is 1.20 bits per heavy atom. The van der Waals surface area contributed by atoms with Crippen LogP contribution in [0.25, 0.3) is 0 Å². The van der Waals surface area contributed by atoms with E-state index >= 15 is 0 Å². The highest BCUT2D eigenvalue weighted by Gasteiger charge is 2.38. The van der Waals surface area contributed by atoms with Crippen LogP contribution in [0.1, 0.15) is 18.6 Å². The van der Waals surface area contributed by atoms with Crippen LogP contribution < -0.4 is 5.32 Å². The fourth-order valence-electron chi connectivity index (χ4n) is 2.01. The summed E-state index contributed by atoms with van der Waals surface area (Å²) in [5.74, 6) is -1.96. The normalized spacial score (nSPS) is 30.9. The summed E-state index contributed by atoms with van der Waals surface area (Å²) in [6.45, 7) is 1.59. The molecule has 2 rings (SSSR count). The van der Waals surface area contributed by atoms with Crippen LogP contribution in [0, 0.1) is 0 Å². The van der Waals surface area contributed by atoms with Gasteiger partial charge in [0.15, 0.2) is 12.2 Å². The predicted molar refractivity (Wildman–Crippen MR) is 66.6 cm³/mol. The Kier molecular flexibility index (Phi) is 3.91.